The molecule has 0 radical (unpaired) electrons. The van der Waals surface area contributed by atoms with Crippen molar-refractivity contribution in [3.05, 3.63) is 11.7 Å². The van der Waals surface area contributed by atoms with Gasteiger partial charge in [-0.3, -0.25) is 4.79 Å². The first-order valence-corrected chi connectivity index (χ1v) is 5.67. The van der Waals surface area contributed by atoms with E-state index in [-0.39, 0.29) is 5.91 Å². The van der Waals surface area contributed by atoms with E-state index in [0.717, 1.165) is 6.42 Å². The highest BCUT2D eigenvalue weighted by molar-refractivity contribution is 5.81. The number of hydrogen-bond donors (Lipinski definition) is 1. The number of nitrogens with two attached hydrogens (primary N) is 1. The smallest absolute Gasteiger partial charge is 0.246 e. The summed E-state index contributed by atoms with van der Waals surface area (Å²) in [7, 11) is 1.70. The number of carbonyl (C=O) groups is 1. The summed E-state index contributed by atoms with van der Waals surface area (Å²) in [5.74, 6) is 1.07. The third-order valence-electron chi connectivity index (χ3n) is 2.63. The van der Waals surface area contributed by atoms with Crippen LogP contribution in [0.25, 0.3) is 0 Å². The summed E-state index contributed by atoms with van der Waals surface area (Å²) in [6, 6.07) is 0. The number of nitrogens with zero attached hydrogens (tertiary/aromatic N) is 3. The van der Waals surface area contributed by atoms with Crippen molar-refractivity contribution in [1.29, 1.82) is 0 Å². The third kappa shape index (κ3) is 3.26. The van der Waals surface area contributed by atoms with Crippen LogP contribution in [0.4, 0.5) is 0 Å². The summed E-state index contributed by atoms with van der Waals surface area (Å²) in [5, 5.41) is 3.78. The van der Waals surface area contributed by atoms with E-state index in [1.165, 1.54) is 0 Å². The fourth-order valence-corrected chi connectivity index (χ4v) is 1.38. The lowest BCUT2D eigenvalue weighted by molar-refractivity contribution is -0.139. The Morgan fingerprint density at radius 2 is 2.18 bits per heavy atom. The van der Waals surface area contributed by atoms with Crippen LogP contribution in [0.15, 0.2) is 4.52 Å². The zero-order valence-electron chi connectivity index (χ0n) is 10.9. The average Bonchev–Trinajstić information content (AvgIpc) is 2.75. The van der Waals surface area contributed by atoms with E-state index in [9.17, 15) is 4.79 Å². The Morgan fingerprint density at radius 1 is 1.53 bits per heavy atom. The van der Waals surface area contributed by atoms with Gasteiger partial charge in [-0.2, -0.15) is 4.98 Å². The van der Waals surface area contributed by atoms with Gasteiger partial charge in [-0.05, 0) is 13.8 Å². The largest absolute Gasteiger partial charge is 0.337 e. The van der Waals surface area contributed by atoms with Gasteiger partial charge in [0.05, 0.1) is 12.0 Å². The van der Waals surface area contributed by atoms with Crippen molar-refractivity contribution < 1.29 is 9.32 Å². The molecule has 0 saturated heterocycles. The summed E-state index contributed by atoms with van der Waals surface area (Å²) in [4.78, 5) is 17.7. The van der Waals surface area contributed by atoms with Crippen molar-refractivity contribution in [2.45, 2.75) is 33.7 Å². The first-order chi connectivity index (χ1) is 7.90. The number of rotatable bonds is 5. The van der Waals surface area contributed by atoms with Crippen LogP contribution in [0.3, 0.4) is 0 Å². The van der Waals surface area contributed by atoms with Crippen molar-refractivity contribution in [2.24, 2.45) is 11.1 Å². The minimum Gasteiger partial charge on any atom is -0.337 e. The van der Waals surface area contributed by atoms with Gasteiger partial charge in [0.15, 0.2) is 5.82 Å². The predicted molar refractivity (Wildman–Crippen MR) is 63.0 cm³/mol. The van der Waals surface area contributed by atoms with E-state index in [1.807, 2.05) is 20.8 Å². The van der Waals surface area contributed by atoms with Gasteiger partial charge < -0.3 is 15.2 Å². The van der Waals surface area contributed by atoms with Crippen molar-refractivity contribution in [1.82, 2.24) is 15.0 Å². The molecule has 0 atom stereocenters. The van der Waals surface area contributed by atoms with Gasteiger partial charge >= 0.3 is 0 Å². The minimum absolute atomic E-state index is 0.0313. The molecule has 0 saturated carbocycles. The van der Waals surface area contributed by atoms with E-state index in [1.54, 1.807) is 11.9 Å². The molecule has 6 nitrogen and oxygen atoms in total. The molecule has 0 unspecified atom stereocenters. The molecule has 0 aliphatic heterocycles. The van der Waals surface area contributed by atoms with Crippen molar-refractivity contribution in [2.75, 3.05) is 13.6 Å². The van der Waals surface area contributed by atoms with Crippen molar-refractivity contribution in [3.63, 3.8) is 0 Å². The molecule has 0 aliphatic rings. The standard InChI is InChI=1S/C11H20N4O2/c1-5-8-13-9(17-14-8)6-15(4)10(16)11(2,3)7-12/h5-7,12H2,1-4H3. The highest BCUT2D eigenvalue weighted by atomic mass is 16.5. The maximum Gasteiger partial charge on any atom is 0.246 e. The van der Waals surface area contributed by atoms with Gasteiger partial charge in [0.1, 0.15) is 0 Å². The Labute approximate surface area is 101 Å². The second-order valence-electron chi connectivity index (χ2n) is 4.71. The normalized spacial score (nSPS) is 11.6. The quantitative estimate of drug-likeness (QED) is 0.813. The first kappa shape index (κ1) is 13.6. The molecule has 0 aromatic carbocycles. The van der Waals surface area contributed by atoms with Gasteiger partial charge in [0.2, 0.25) is 11.8 Å². The Balaban J connectivity index is 2.66. The minimum atomic E-state index is -0.567. The number of amides is 1. The van der Waals surface area contributed by atoms with E-state index >= 15 is 0 Å². The highest BCUT2D eigenvalue weighted by Crippen LogP contribution is 2.17. The van der Waals surface area contributed by atoms with Crippen LogP contribution in [-0.2, 0) is 17.8 Å². The zero-order chi connectivity index (χ0) is 13.1. The summed E-state index contributed by atoms with van der Waals surface area (Å²) >= 11 is 0. The molecule has 1 aromatic heterocycles. The molecule has 2 N–H and O–H groups in total. The van der Waals surface area contributed by atoms with Crippen LogP contribution < -0.4 is 5.73 Å². The Kier molecular flexibility index (Phi) is 4.22. The number of aromatic nitrogens is 2. The number of hydrogen-bond acceptors (Lipinski definition) is 5. The van der Waals surface area contributed by atoms with Crippen LogP contribution in [0.5, 0.6) is 0 Å². The number of carbonyl (C=O) groups excluding carboxylic acids is 1. The maximum atomic E-state index is 12.0. The molecule has 6 heteroatoms. The van der Waals surface area contributed by atoms with E-state index < -0.39 is 5.41 Å². The third-order valence-corrected chi connectivity index (χ3v) is 2.63. The van der Waals surface area contributed by atoms with Gasteiger partial charge in [-0.25, -0.2) is 0 Å². The van der Waals surface area contributed by atoms with E-state index in [4.69, 9.17) is 10.3 Å². The van der Waals surface area contributed by atoms with Gasteiger partial charge in [0.25, 0.3) is 0 Å². The number of aryl methyl sites for hydroxylation is 1. The molecule has 0 aliphatic carbocycles. The van der Waals surface area contributed by atoms with Crippen molar-refractivity contribution >= 4 is 5.91 Å². The Bertz CT molecular complexity index is 387. The molecule has 1 rings (SSSR count). The Morgan fingerprint density at radius 3 is 2.65 bits per heavy atom. The highest BCUT2D eigenvalue weighted by Gasteiger charge is 2.29. The van der Waals surface area contributed by atoms with Crippen LogP contribution in [0, 0.1) is 5.41 Å². The molecule has 0 bridgehead atoms. The molecule has 1 heterocycles. The second kappa shape index (κ2) is 5.27. The molecular weight excluding hydrogens is 220 g/mol. The monoisotopic (exact) mass is 240 g/mol. The molecule has 96 valence electrons. The average molecular weight is 240 g/mol. The molecule has 0 spiro atoms. The van der Waals surface area contributed by atoms with Crippen LogP contribution in [-0.4, -0.2) is 34.5 Å². The summed E-state index contributed by atoms with van der Waals surface area (Å²) < 4.78 is 5.04. The molecule has 1 aromatic rings. The fourth-order valence-electron chi connectivity index (χ4n) is 1.38. The topological polar surface area (TPSA) is 85.2 Å². The summed E-state index contributed by atoms with van der Waals surface area (Å²) in [6.07, 6.45) is 0.718. The van der Waals surface area contributed by atoms with Gasteiger partial charge in [-0.15, -0.1) is 0 Å². The van der Waals surface area contributed by atoms with Crippen LogP contribution >= 0.6 is 0 Å². The lowest BCUT2D eigenvalue weighted by atomic mass is 9.92. The van der Waals surface area contributed by atoms with Gasteiger partial charge in [0, 0.05) is 20.0 Å². The van der Waals surface area contributed by atoms with Crippen LogP contribution in [0.1, 0.15) is 32.5 Å². The van der Waals surface area contributed by atoms with Crippen LogP contribution in [0.2, 0.25) is 0 Å². The SMILES string of the molecule is CCc1noc(CN(C)C(=O)C(C)(C)CN)n1. The first-order valence-electron chi connectivity index (χ1n) is 5.67. The summed E-state index contributed by atoms with van der Waals surface area (Å²) in [6.45, 7) is 6.20. The lowest BCUT2D eigenvalue weighted by Crippen LogP contribution is -2.42. The lowest BCUT2D eigenvalue weighted by Gasteiger charge is -2.27. The maximum absolute atomic E-state index is 12.0. The van der Waals surface area contributed by atoms with E-state index in [2.05, 4.69) is 10.1 Å². The molecule has 0 fully saturated rings. The molecule has 1 amide bonds. The second-order valence-corrected chi connectivity index (χ2v) is 4.71. The van der Waals surface area contributed by atoms with E-state index in [0.29, 0.717) is 24.8 Å². The van der Waals surface area contributed by atoms with Crippen molar-refractivity contribution in [3.8, 4) is 0 Å². The Hall–Kier alpha value is -1.43. The van der Waals surface area contributed by atoms with Gasteiger partial charge in [-0.1, -0.05) is 12.1 Å². The zero-order valence-corrected chi connectivity index (χ0v) is 10.9. The fraction of sp³-hybridized carbons (Fsp3) is 0.727. The molecule has 17 heavy (non-hydrogen) atoms. The summed E-state index contributed by atoms with van der Waals surface area (Å²) in [5.41, 5.74) is 5.00. The molecular formula is C11H20N4O2. The predicted octanol–water partition coefficient (Wildman–Crippen LogP) is 0.575.